The number of hydrogen-bond donors (Lipinski definition) is 1. The molecule has 1 aromatic rings. The highest BCUT2D eigenvalue weighted by atomic mass is 16.1. The van der Waals surface area contributed by atoms with Gasteiger partial charge in [0.1, 0.15) is 0 Å². The molecule has 1 N–H and O–H groups in total. The van der Waals surface area contributed by atoms with E-state index in [1.165, 1.54) is 6.20 Å². The molecule has 0 aromatic carbocycles. The first-order valence-electron chi connectivity index (χ1n) is 4.50. The molecule has 1 rings (SSSR count). The predicted octanol–water partition coefficient (Wildman–Crippen LogP) is 1.75. The molecule has 13 heavy (non-hydrogen) atoms. The maximum absolute atomic E-state index is 10.9. The highest BCUT2D eigenvalue weighted by Gasteiger charge is 2.09. The van der Waals surface area contributed by atoms with Crippen LogP contribution >= 0.6 is 0 Å². The molecule has 1 aromatic heterocycles. The molecule has 0 saturated carbocycles. The molecule has 0 aliphatic rings. The predicted molar refractivity (Wildman–Crippen MR) is 52.6 cm³/mol. The van der Waals surface area contributed by atoms with E-state index in [4.69, 9.17) is 0 Å². The lowest BCUT2D eigenvalue weighted by Gasteiger charge is -2.17. The summed E-state index contributed by atoms with van der Waals surface area (Å²) in [6.45, 7) is 6.55. The Morgan fingerprint density at radius 2 is 2.08 bits per heavy atom. The summed E-state index contributed by atoms with van der Waals surface area (Å²) in [6, 6.07) is 0. The average molecular weight is 180 g/mol. The zero-order chi connectivity index (χ0) is 9.90. The fourth-order valence-electron chi connectivity index (χ4n) is 1.05. The van der Waals surface area contributed by atoms with Gasteiger partial charge in [0.15, 0.2) is 0 Å². The summed E-state index contributed by atoms with van der Waals surface area (Å²) in [5, 5.41) is 0. The van der Waals surface area contributed by atoms with Crippen LogP contribution in [0.25, 0.3) is 0 Å². The second-order valence-electron chi connectivity index (χ2n) is 4.48. The number of nitrogens with one attached hydrogen (secondary N) is 1. The van der Waals surface area contributed by atoms with Crippen LogP contribution in [-0.4, -0.2) is 9.97 Å². The zero-order valence-corrected chi connectivity index (χ0v) is 8.42. The van der Waals surface area contributed by atoms with Crippen molar-refractivity contribution in [2.24, 2.45) is 5.41 Å². The summed E-state index contributed by atoms with van der Waals surface area (Å²) in [6.07, 6.45) is 4.94. The molecule has 0 unspecified atom stereocenters. The number of rotatable bonds is 2. The van der Waals surface area contributed by atoms with E-state index in [1.54, 1.807) is 6.20 Å². The summed E-state index contributed by atoms with van der Waals surface area (Å²) in [5.41, 5.74) is 1.10. The second-order valence-corrected chi connectivity index (χ2v) is 4.48. The number of aryl methyl sites for hydroxylation is 1. The van der Waals surface area contributed by atoms with Gasteiger partial charge in [0.25, 0.3) is 5.56 Å². The molecule has 0 saturated heterocycles. The molecule has 1 heterocycles. The van der Waals surface area contributed by atoms with E-state index in [2.05, 4.69) is 30.7 Å². The molecular formula is C10H16N2O. The molecule has 0 bridgehead atoms. The minimum absolute atomic E-state index is 0.119. The third-order valence-electron chi connectivity index (χ3n) is 1.85. The molecule has 0 radical (unpaired) electrons. The van der Waals surface area contributed by atoms with Crippen molar-refractivity contribution in [1.82, 2.24) is 9.97 Å². The molecule has 0 fully saturated rings. The van der Waals surface area contributed by atoms with Gasteiger partial charge >= 0.3 is 0 Å². The van der Waals surface area contributed by atoms with Crippen LogP contribution < -0.4 is 5.56 Å². The SMILES string of the molecule is CC(C)(C)CCc1cncc(=O)[nH]1. The van der Waals surface area contributed by atoms with Crippen molar-refractivity contribution in [3.63, 3.8) is 0 Å². The van der Waals surface area contributed by atoms with Crippen LogP contribution in [0.2, 0.25) is 0 Å². The summed E-state index contributed by atoms with van der Waals surface area (Å²) >= 11 is 0. The van der Waals surface area contributed by atoms with Crippen molar-refractivity contribution in [3.05, 3.63) is 28.4 Å². The van der Waals surface area contributed by atoms with E-state index in [9.17, 15) is 4.79 Å². The minimum atomic E-state index is -0.119. The zero-order valence-electron chi connectivity index (χ0n) is 8.42. The van der Waals surface area contributed by atoms with Gasteiger partial charge in [-0.2, -0.15) is 0 Å². The van der Waals surface area contributed by atoms with Crippen molar-refractivity contribution in [3.8, 4) is 0 Å². The molecule has 72 valence electrons. The maximum Gasteiger partial charge on any atom is 0.266 e. The first kappa shape index (κ1) is 9.96. The van der Waals surface area contributed by atoms with Crippen LogP contribution in [0.4, 0.5) is 0 Å². The number of hydrogen-bond acceptors (Lipinski definition) is 2. The first-order valence-corrected chi connectivity index (χ1v) is 4.50. The molecule has 0 amide bonds. The van der Waals surface area contributed by atoms with Crippen LogP contribution in [0.5, 0.6) is 0 Å². The lowest BCUT2D eigenvalue weighted by molar-refractivity contribution is 0.376. The fraction of sp³-hybridized carbons (Fsp3) is 0.600. The Bertz CT molecular complexity index is 322. The van der Waals surface area contributed by atoms with Gasteiger partial charge in [-0.05, 0) is 18.3 Å². The average Bonchev–Trinajstić information content (AvgIpc) is 2.00. The molecule has 3 heteroatoms. The number of aromatic amines is 1. The largest absolute Gasteiger partial charge is 0.323 e. The second kappa shape index (κ2) is 3.73. The Balaban J connectivity index is 2.60. The van der Waals surface area contributed by atoms with E-state index in [0.717, 1.165) is 18.5 Å². The molecule has 0 spiro atoms. The van der Waals surface area contributed by atoms with E-state index >= 15 is 0 Å². The van der Waals surface area contributed by atoms with Gasteiger partial charge < -0.3 is 4.98 Å². The van der Waals surface area contributed by atoms with E-state index in [-0.39, 0.29) is 5.56 Å². The quantitative estimate of drug-likeness (QED) is 0.753. The molecule has 0 atom stereocenters. The van der Waals surface area contributed by atoms with Gasteiger partial charge in [-0.25, -0.2) is 0 Å². The first-order chi connectivity index (χ1) is 5.97. The van der Waals surface area contributed by atoms with Crippen LogP contribution in [0.15, 0.2) is 17.2 Å². The van der Waals surface area contributed by atoms with E-state index < -0.39 is 0 Å². The summed E-state index contributed by atoms with van der Waals surface area (Å²) in [7, 11) is 0. The van der Waals surface area contributed by atoms with E-state index in [0.29, 0.717) is 5.41 Å². The Labute approximate surface area is 78.2 Å². The smallest absolute Gasteiger partial charge is 0.266 e. The van der Waals surface area contributed by atoms with Crippen LogP contribution in [0.3, 0.4) is 0 Å². The molecular weight excluding hydrogens is 164 g/mol. The Hall–Kier alpha value is -1.12. The van der Waals surface area contributed by atoms with Crippen LogP contribution in [-0.2, 0) is 6.42 Å². The van der Waals surface area contributed by atoms with Gasteiger partial charge in [0.2, 0.25) is 0 Å². The molecule has 0 aliphatic heterocycles. The van der Waals surface area contributed by atoms with Crippen molar-refractivity contribution < 1.29 is 0 Å². The summed E-state index contributed by atoms with van der Waals surface area (Å²) in [4.78, 5) is 17.5. The number of H-pyrrole nitrogens is 1. The highest BCUT2D eigenvalue weighted by molar-refractivity contribution is 4.95. The van der Waals surface area contributed by atoms with Gasteiger partial charge in [0.05, 0.1) is 6.20 Å². The topological polar surface area (TPSA) is 45.8 Å². The van der Waals surface area contributed by atoms with Gasteiger partial charge in [-0.15, -0.1) is 0 Å². The third kappa shape index (κ3) is 3.87. The van der Waals surface area contributed by atoms with Crippen molar-refractivity contribution in [2.75, 3.05) is 0 Å². The summed E-state index contributed by atoms with van der Waals surface area (Å²) < 4.78 is 0. The minimum Gasteiger partial charge on any atom is -0.323 e. The van der Waals surface area contributed by atoms with Gasteiger partial charge in [0, 0.05) is 11.9 Å². The Kier molecular flexibility index (Phi) is 2.86. The highest BCUT2D eigenvalue weighted by Crippen LogP contribution is 2.19. The standard InChI is InChI=1S/C10H16N2O/c1-10(2,3)5-4-8-6-11-7-9(13)12-8/h6-7H,4-5H2,1-3H3,(H,12,13). The third-order valence-corrected chi connectivity index (χ3v) is 1.85. The van der Waals surface area contributed by atoms with Gasteiger partial charge in [-0.3, -0.25) is 9.78 Å². The Morgan fingerprint density at radius 1 is 1.38 bits per heavy atom. The normalized spacial score (nSPS) is 11.6. The Morgan fingerprint density at radius 3 is 2.62 bits per heavy atom. The van der Waals surface area contributed by atoms with Crippen molar-refractivity contribution in [2.45, 2.75) is 33.6 Å². The fourth-order valence-corrected chi connectivity index (χ4v) is 1.05. The van der Waals surface area contributed by atoms with Crippen molar-refractivity contribution >= 4 is 0 Å². The number of nitrogens with zero attached hydrogens (tertiary/aromatic N) is 1. The van der Waals surface area contributed by atoms with E-state index in [1.807, 2.05) is 0 Å². The van der Waals surface area contributed by atoms with Crippen LogP contribution in [0, 0.1) is 5.41 Å². The number of aromatic nitrogens is 2. The van der Waals surface area contributed by atoms with Crippen LogP contribution in [0.1, 0.15) is 32.9 Å². The van der Waals surface area contributed by atoms with Gasteiger partial charge in [-0.1, -0.05) is 20.8 Å². The maximum atomic E-state index is 10.9. The molecule has 3 nitrogen and oxygen atoms in total. The lowest BCUT2D eigenvalue weighted by atomic mass is 9.90. The monoisotopic (exact) mass is 180 g/mol. The lowest BCUT2D eigenvalue weighted by Crippen LogP contribution is -2.12. The summed E-state index contributed by atoms with van der Waals surface area (Å²) in [5.74, 6) is 0. The molecule has 0 aliphatic carbocycles. The van der Waals surface area contributed by atoms with Crippen molar-refractivity contribution in [1.29, 1.82) is 0 Å².